The summed E-state index contributed by atoms with van der Waals surface area (Å²) in [4.78, 5) is 14.4. The Labute approximate surface area is 159 Å². The van der Waals surface area contributed by atoms with Crippen molar-refractivity contribution in [3.63, 3.8) is 0 Å². The van der Waals surface area contributed by atoms with Crippen molar-refractivity contribution < 1.29 is 9.90 Å². The van der Waals surface area contributed by atoms with Crippen molar-refractivity contribution in [3.8, 4) is 6.07 Å². The smallest absolute Gasteiger partial charge is 0.163 e. The lowest BCUT2D eigenvalue weighted by Gasteiger charge is -2.16. The van der Waals surface area contributed by atoms with E-state index in [4.69, 9.17) is 5.26 Å². The summed E-state index contributed by atoms with van der Waals surface area (Å²) in [6.07, 6.45) is 0.153. The molecule has 1 N–H and O–H groups in total. The van der Waals surface area contributed by atoms with Crippen molar-refractivity contribution in [1.82, 2.24) is 10.2 Å². The predicted octanol–water partition coefficient (Wildman–Crippen LogP) is 2.47. The number of hydrogen-bond donors (Lipinski definition) is 1. The Balaban J connectivity index is 1.56. The van der Waals surface area contributed by atoms with Crippen molar-refractivity contribution in [3.05, 3.63) is 53.2 Å². The minimum atomic E-state index is -0.574. The number of hydrogen-bond acceptors (Lipinski definition) is 6. The zero-order valence-corrected chi connectivity index (χ0v) is 15.7. The van der Waals surface area contributed by atoms with Crippen LogP contribution in [-0.4, -0.2) is 40.3 Å². The summed E-state index contributed by atoms with van der Waals surface area (Å²) >= 11 is 0. The molecule has 0 aliphatic carbocycles. The molecule has 6 heteroatoms. The molecular weight excluding hydrogens is 340 g/mol. The number of β-amino-alcohol motifs (C(OH)–C–C–N with tert-alkyl or cyclic N) is 1. The number of nitrogens with zero attached hydrogens (tertiary/aromatic N) is 4. The Morgan fingerprint density at radius 1 is 1.22 bits per heavy atom. The van der Waals surface area contributed by atoms with E-state index in [-0.39, 0.29) is 17.4 Å². The lowest BCUT2D eigenvalue weighted by molar-refractivity contribution is -0.119. The minimum absolute atomic E-state index is 0.120. The Hall–Kier alpha value is -2.78. The van der Waals surface area contributed by atoms with Crippen LogP contribution in [-0.2, 0) is 11.2 Å². The summed E-state index contributed by atoms with van der Waals surface area (Å²) in [6.45, 7) is 5.26. The second kappa shape index (κ2) is 8.28. The maximum atomic E-state index is 12.5. The molecule has 140 valence electrons. The van der Waals surface area contributed by atoms with Crippen molar-refractivity contribution in [2.45, 2.75) is 38.7 Å². The van der Waals surface area contributed by atoms with Crippen LogP contribution in [0.25, 0.3) is 0 Å². The summed E-state index contributed by atoms with van der Waals surface area (Å²) in [6, 6.07) is 13.4. The second-order valence-corrected chi connectivity index (χ2v) is 7.44. The molecule has 2 aromatic rings. The van der Waals surface area contributed by atoms with Gasteiger partial charge in [0.2, 0.25) is 0 Å². The monoisotopic (exact) mass is 364 g/mol. The molecule has 3 rings (SSSR count). The van der Waals surface area contributed by atoms with Crippen molar-refractivity contribution in [1.29, 1.82) is 5.26 Å². The fraction of sp³-hybridized carbons (Fsp3) is 0.429. The van der Waals surface area contributed by atoms with Crippen LogP contribution < -0.4 is 4.90 Å². The number of aromatic nitrogens is 2. The fourth-order valence-electron chi connectivity index (χ4n) is 3.41. The van der Waals surface area contributed by atoms with Gasteiger partial charge >= 0.3 is 0 Å². The number of aliphatic hydroxyl groups excluding tert-OH is 1. The quantitative estimate of drug-likeness (QED) is 0.847. The zero-order chi connectivity index (χ0) is 19.4. The van der Waals surface area contributed by atoms with Crippen LogP contribution in [0.15, 0.2) is 36.4 Å². The average Bonchev–Trinajstić information content (AvgIpc) is 3.02. The Kier molecular flexibility index (Phi) is 5.82. The van der Waals surface area contributed by atoms with Gasteiger partial charge < -0.3 is 10.0 Å². The number of rotatable bonds is 6. The molecule has 1 aliphatic heterocycles. The predicted molar refractivity (Wildman–Crippen MR) is 102 cm³/mol. The molecule has 0 spiro atoms. The van der Waals surface area contributed by atoms with E-state index in [1.165, 1.54) is 5.56 Å². The van der Waals surface area contributed by atoms with Gasteiger partial charge in [-0.05, 0) is 29.2 Å². The summed E-state index contributed by atoms with van der Waals surface area (Å²) in [5, 5.41) is 27.0. The molecule has 0 amide bonds. The molecular formula is C21H24N4O2. The van der Waals surface area contributed by atoms with Crippen LogP contribution in [0, 0.1) is 17.2 Å². The highest BCUT2D eigenvalue weighted by Crippen LogP contribution is 2.25. The standard InChI is InChI=1S/C21H24N4O2/c1-14(2)16-5-3-15(4-6-16)9-19(26)10-17-12-25(13-20(17)27)21-8-7-18(11-22)23-24-21/h3-8,14,17,20,27H,9-10,12-13H2,1-2H3/t17?,20-/m0/s1. The Morgan fingerprint density at radius 2 is 1.96 bits per heavy atom. The molecule has 27 heavy (non-hydrogen) atoms. The third-order valence-electron chi connectivity index (χ3n) is 5.03. The van der Waals surface area contributed by atoms with Crippen LogP contribution in [0.5, 0.6) is 0 Å². The van der Waals surface area contributed by atoms with Crippen molar-refractivity contribution in [2.75, 3.05) is 18.0 Å². The Bertz CT molecular complexity index is 825. The normalized spacial score (nSPS) is 19.3. The van der Waals surface area contributed by atoms with Gasteiger partial charge in [0.25, 0.3) is 0 Å². The molecule has 2 atom stereocenters. The van der Waals surface area contributed by atoms with E-state index in [2.05, 4.69) is 36.2 Å². The maximum absolute atomic E-state index is 12.5. The van der Waals surface area contributed by atoms with E-state index in [9.17, 15) is 9.90 Å². The van der Waals surface area contributed by atoms with Gasteiger partial charge in [-0.1, -0.05) is 38.1 Å². The number of carbonyl (C=O) groups excluding carboxylic acids is 1. The highest BCUT2D eigenvalue weighted by Gasteiger charge is 2.33. The first-order chi connectivity index (χ1) is 13.0. The lowest BCUT2D eigenvalue weighted by Crippen LogP contribution is -2.22. The van der Waals surface area contributed by atoms with Gasteiger partial charge in [0, 0.05) is 31.8 Å². The molecule has 1 unspecified atom stereocenters. The zero-order valence-electron chi connectivity index (χ0n) is 15.7. The van der Waals surface area contributed by atoms with Gasteiger partial charge in [-0.15, -0.1) is 10.2 Å². The summed E-state index contributed by atoms with van der Waals surface area (Å²) in [5.74, 6) is 1.10. The number of ketones is 1. The first kappa shape index (κ1) is 19.0. The van der Waals surface area contributed by atoms with Gasteiger partial charge in [0.1, 0.15) is 11.9 Å². The van der Waals surface area contributed by atoms with Gasteiger partial charge in [-0.2, -0.15) is 5.26 Å². The number of nitriles is 1. The highest BCUT2D eigenvalue weighted by atomic mass is 16.3. The fourth-order valence-corrected chi connectivity index (χ4v) is 3.41. The minimum Gasteiger partial charge on any atom is -0.391 e. The van der Waals surface area contributed by atoms with Crippen molar-refractivity contribution >= 4 is 11.6 Å². The third kappa shape index (κ3) is 4.69. The number of carbonyl (C=O) groups is 1. The molecule has 1 aromatic heterocycles. The third-order valence-corrected chi connectivity index (χ3v) is 5.03. The van der Waals surface area contributed by atoms with Crippen LogP contribution in [0.4, 0.5) is 5.82 Å². The molecule has 6 nitrogen and oxygen atoms in total. The van der Waals surface area contributed by atoms with Crippen LogP contribution in [0.2, 0.25) is 0 Å². The van der Waals surface area contributed by atoms with E-state index < -0.39 is 6.10 Å². The summed E-state index contributed by atoms with van der Waals surface area (Å²) in [5.41, 5.74) is 2.52. The van der Waals surface area contributed by atoms with E-state index in [1.807, 2.05) is 23.1 Å². The van der Waals surface area contributed by atoms with Gasteiger partial charge in [0.15, 0.2) is 11.5 Å². The summed E-state index contributed by atoms with van der Waals surface area (Å²) < 4.78 is 0. The van der Waals surface area contributed by atoms with Crippen LogP contribution >= 0.6 is 0 Å². The molecule has 0 radical (unpaired) electrons. The van der Waals surface area contributed by atoms with E-state index in [1.54, 1.807) is 12.1 Å². The van der Waals surface area contributed by atoms with Gasteiger partial charge in [0.05, 0.1) is 6.10 Å². The molecule has 1 saturated heterocycles. The average molecular weight is 364 g/mol. The molecule has 1 aliphatic rings. The van der Waals surface area contributed by atoms with Crippen molar-refractivity contribution in [2.24, 2.45) is 5.92 Å². The molecule has 0 bridgehead atoms. The summed E-state index contributed by atoms with van der Waals surface area (Å²) in [7, 11) is 0. The molecule has 2 heterocycles. The SMILES string of the molecule is CC(C)c1ccc(CC(=O)CC2CN(c3ccc(C#N)nn3)C[C@@H]2O)cc1. The van der Waals surface area contributed by atoms with E-state index in [0.29, 0.717) is 37.7 Å². The number of aliphatic hydroxyl groups is 1. The Morgan fingerprint density at radius 3 is 2.56 bits per heavy atom. The first-order valence-corrected chi connectivity index (χ1v) is 9.23. The molecule has 0 saturated carbocycles. The maximum Gasteiger partial charge on any atom is 0.163 e. The van der Waals surface area contributed by atoms with Crippen LogP contribution in [0.3, 0.4) is 0 Å². The van der Waals surface area contributed by atoms with E-state index in [0.717, 1.165) is 5.56 Å². The number of anilines is 1. The molecule has 1 fully saturated rings. The number of benzene rings is 1. The van der Waals surface area contributed by atoms with Crippen LogP contribution in [0.1, 0.15) is 43.0 Å². The number of Topliss-reactive ketones (excluding diaryl/α,β-unsaturated/α-hetero) is 1. The van der Waals surface area contributed by atoms with Gasteiger partial charge in [-0.25, -0.2) is 0 Å². The second-order valence-electron chi connectivity index (χ2n) is 7.44. The first-order valence-electron chi connectivity index (χ1n) is 9.23. The van der Waals surface area contributed by atoms with Gasteiger partial charge in [-0.3, -0.25) is 4.79 Å². The highest BCUT2D eigenvalue weighted by molar-refractivity contribution is 5.81. The molecule has 1 aromatic carbocycles. The lowest BCUT2D eigenvalue weighted by atomic mass is 9.95. The topological polar surface area (TPSA) is 90.1 Å². The van der Waals surface area contributed by atoms with E-state index >= 15 is 0 Å². The largest absolute Gasteiger partial charge is 0.391 e.